The second-order valence-corrected chi connectivity index (χ2v) is 8.09. The topological polar surface area (TPSA) is 0 Å². The summed E-state index contributed by atoms with van der Waals surface area (Å²) in [6.07, 6.45) is 3.64. The molecular weight excluding hydrogens is 416 g/mol. The highest BCUT2D eigenvalue weighted by Crippen LogP contribution is 2.47. The fourth-order valence-corrected chi connectivity index (χ4v) is 5.02. The Balaban J connectivity index is 2.71. The zero-order chi connectivity index (χ0) is 9.35. The summed E-state index contributed by atoms with van der Waals surface area (Å²) in [6, 6.07) is 0. The standard InChI is InChI=1S/C8H12Br4/c1-2-8(12)4-3-5(9)6(10)7(8)11/h5-7H,2-4H2,1H3. The van der Waals surface area contributed by atoms with Gasteiger partial charge in [0, 0.05) is 18.8 Å². The molecular formula is C8H12Br4. The zero-order valence-electron chi connectivity index (χ0n) is 6.87. The molecule has 0 saturated heterocycles. The van der Waals surface area contributed by atoms with Gasteiger partial charge in [-0.2, -0.15) is 0 Å². The van der Waals surface area contributed by atoms with E-state index < -0.39 is 0 Å². The maximum atomic E-state index is 3.83. The fourth-order valence-electron chi connectivity index (χ4n) is 1.52. The Morgan fingerprint density at radius 3 is 2.42 bits per heavy atom. The summed E-state index contributed by atoms with van der Waals surface area (Å²) >= 11 is 15.0. The van der Waals surface area contributed by atoms with Crippen molar-refractivity contribution in [2.45, 2.75) is 45.0 Å². The average Bonchev–Trinajstić information content (AvgIpc) is 2.09. The first-order valence-electron chi connectivity index (χ1n) is 4.12. The van der Waals surface area contributed by atoms with Crippen LogP contribution in [0.5, 0.6) is 0 Å². The molecule has 0 N–H and O–H groups in total. The van der Waals surface area contributed by atoms with Crippen LogP contribution in [0.1, 0.15) is 26.2 Å². The molecule has 0 aromatic heterocycles. The van der Waals surface area contributed by atoms with Crippen LogP contribution in [0.4, 0.5) is 0 Å². The summed E-state index contributed by atoms with van der Waals surface area (Å²) in [5.41, 5.74) is 0. The van der Waals surface area contributed by atoms with Crippen LogP contribution in [0.2, 0.25) is 0 Å². The molecule has 0 aromatic carbocycles. The first-order valence-corrected chi connectivity index (χ1v) is 7.66. The number of halogens is 4. The summed E-state index contributed by atoms with van der Waals surface area (Å²) in [4.78, 5) is 1.62. The monoisotopic (exact) mass is 424 g/mol. The molecule has 0 spiro atoms. The third-order valence-electron chi connectivity index (χ3n) is 2.54. The minimum absolute atomic E-state index is 0.283. The number of hydrogen-bond donors (Lipinski definition) is 0. The molecule has 0 aromatic rings. The third kappa shape index (κ3) is 2.29. The molecule has 0 nitrogen and oxygen atoms in total. The Morgan fingerprint density at radius 1 is 1.33 bits per heavy atom. The van der Waals surface area contributed by atoms with Crippen molar-refractivity contribution in [1.82, 2.24) is 0 Å². The van der Waals surface area contributed by atoms with Gasteiger partial charge in [-0.15, -0.1) is 0 Å². The molecule has 12 heavy (non-hydrogen) atoms. The van der Waals surface area contributed by atoms with Gasteiger partial charge in [-0.1, -0.05) is 70.6 Å². The van der Waals surface area contributed by atoms with E-state index in [1.54, 1.807) is 0 Å². The van der Waals surface area contributed by atoms with E-state index in [-0.39, 0.29) is 4.32 Å². The van der Waals surface area contributed by atoms with E-state index in [1.807, 2.05) is 0 Å². The van der Waals surface area contributed by atoms with Gasteiger partial charge in [0.15, 0.2) is 0 Å². The maximum Gasteiger partial charge on any atom is 0.0435 e. The van der Waals surface area contributed by atoms with Crippen LogP contribution in [-0.4, -0.2) is 18.8 Å². The summed E-state index contributed by atoms with van der Waals surface area (Å²) < 4.78 is 0.283. The number of rotatable bonds is 1. The Bertz CT molecular complexity index is 161. The van der Waals surface area contributed by atoms with Crippen LogP contribution in [0, 0.1) is 0 Å². The minimum atomic E-state index is 0.283. The van der Waals surface area contributed by atoms with Crippen LogP contribution in [-0.2, 0) is 0 Å². The van der Waals surface area contributed by atoms with Crippen molar-refractivity contribution >= 4 is 63.7 Å². The van der Waals surface area contributed by atoms with Crippen molar-refractivity contribution in [2.75, 3.05) is 0 Å². The molecule has 1 rings (SSSR count). The van der Waals surface area contributed by atoms with Crippen LogP contribution in [0.25, 0.3) is 0 Å². The van der Waals surface area contributed by atoms with Gasteiger partial charge >= 0.3 is 0 Å². The van der Waals surface area contributed by atoms with E-state index >= 15 is 0 Å². The summed E-state index contributed by atoms with van der Waals surface area (Å²) in [5.74, 6) is 0. The Labute approximate surface area is 108 Å². The zero-order valence-corrected chi connectivity index (χ0v) is 13.2. The Morgan fingerprint density at radius 2 is 1.92 bits per heavy atom. The van der Waals surface area contributed by atoms with E-state index in [1.165, 1.54) is 19.3 Å². The summed E-state index contributed by atoms with van der Waals surface area (Å²) in [7, 11) is 0. The van der Waals surface area contributed by atoms with E-state index in [9.17, 15) is 0 Å². The fraction of sp³-hybridized carbons (Fsp3) is 1.00. The van der Waals surface area contributed by atoms with Crippen molar-refractivity contribution in [3.63, 3.8) is 0 Å². The number of hydrogen-bond acceptors (Lipinski definition) is 0. The highest BCUT2D eigenvalue weighted by molar-refractivity contribution is 9.14. The molecule has 4 unspecified atom stereocenters. The summed E-state index contributed by atoms with van der Waals surface area (Å²) in [6.45, 7) is 2.23. The van der Waals surface area contributed by atoms with E-state index in [0.29, 0.717) is 14.5 Å². The molecule has 4 atom stereocenters. The minimum Gasteiger partial charge on any atom is -0.0878 e. The van der Waals surface area contributed by atoms with Gasteiger partial charge in [0.25, 0.3) is 0 Å². The van der Waals surface area contributed by atoms with Gasteiger partial charge in [0.2, 0.25) is 0 Å². The van der Waals surface area contributed by atoms with Crippen molar-refractivity contribution in [3.05, 3.63) is 0 Å². The third-order valence-corrected chi connectivity index (χ3v) is 9.67. The lowest BCUT2D eigenvalue weighted by Crippen LogP contribution is -2.46. The van der Waals surface area contributed by atoms with Crippen LogP contribution in [0.3, 0.4) is 0 Å². The van der Waals surface area contributed by atoms with Crippen molar-refractivity contribution in [2.24, 2.45) is 0 Å². The first kappa shape index (κ1) is 12.0. The van der Waals surface area contributed by atoms with Gasteiger partial charge in [0.05, 0.1) is 0 Å². The molecule has 1 aliphatic rings. The second-order valence-electron chi connectivity index (χ2n) is 3.29. The highest BCUT2D eigenvalue weighted by Gasteiger charge is 2.43. The van der Waals surface area contributed by atoms with E-state index in [4.69, 9.17) is 0 Å². The lowest BCUT2D eigenvalue weighted by molar-refractivity contribution is 0.435. The normalized spacial score (nSPS) is 49.2. The van der Waals surface area contributed by atoms with Gasteiger partial charge in [-0.3, -0.25) is 0 Å². The van der Waals surface area contributed by atoms with Crippen molar-refractivity contribution in [3.8, 4) is 0 Å². The van der Waals surface area contributed by atoms with E-state index in [2.05, 4.69) is 70.6 Å². The average molecular weight is 428 g/mol. The van der Waals surface area contributed by atoms with Gasteiger partial charge in [-0.25, -0.2) is 0 Å². The lowest BCUT2D eigenvalue weighted by atomic mass is 9.87. The predicted molar refractivity (Wildman–Crippen MR) is 69.3 cm³/mol. The summed E-state index contributed by atoms with van der Waals surface area (Å²) in [5, 5.41) is 0. The van der Waals surface area contributed by atoms with Gasteiger partial charge in [-0.05, 0) is 19.3 Å². The molecule has 0 radical (unpaired) electrons. The molecule has 0 aliphatic heterocycles. The molecule has 0 heterocycles. The quantitative estimate of drug-likeness (QED) is 0.536. The van der Waals surface area contributed by atoms with Crippen molar-refractivity contribution < 1.29 is 0 Å². The predicted octanol–water partition coefficient (Wildman–Crippen LogP) is 4.61. The Hall–Kier alpha value is 1.92. The lowest BCUT2D eigenvalue weighted by Gasteiger charge is -2.41. The maximum absolute atomic E-state index is 3.83. The van der Waals surface area contributed by atoms with E-state index in [0.717, 1.165) is 0 Å². The molecule has 0 bridgehead atoms. The molecule has 72 valence electrons. The first-order chi connectivity index (χ1) is 5.51. The molecule has 4 heteroatoms. The molecule has 1 fully saturated rings. The van der Waals surface area contributed by atoms with Crippen LogP contribution in [0.15, 0.2) is 0 Å². The second kappa shape index (κ2) is 4.63. The smallest absolute Gasteiger partial charge is 0.0435 e. The van der Waals surface area contributed by atoms with Crippen molar-refractivity contribution in [1.29, 1.82) is 0 Å². The highest BCUT2D eigenvalue weighted by atomic mass is 79.9. The van der Waals surface area contributed by atoms with Crippen LogP contribution < -0.4 is 0 Å². The number of alkyl halides is 4. The van der Waals surface area contributed by atoms with Gasteiger partial charge in [0.1, 0.15) is 0 Å². The van der Waals surface area contributed by atoms with Gasteiger partial charge < -0.3 is 0 Å². The largest absolute Gasteiger partial charge is 0.0878 e. The van der Waals surface area contributed by atoms with Crippen LogP contribution >= 0.6 is 63.7 Å². The molecule has 1 aliphatic carbocycles. The Kier molecular flexibility index (Phi) is 4.62. The molecule has 0 amide bonds. The molecule has 1 saturated carbocycles. The SMILES string of the molecule is CCC1(Br)CCC(Br)C(Br)C1Br.